The predicted molar refractivity (Wildman–Crippen MR) is 86.1 cm³/mol. The van der Waals surface area contributed by atoms with Gasteiger partial charge in [0, 0.05) is 24.7 Å². The number of aryl methyl sites for hydroxylation is 1. The zero-order valence-electron chi connectivity index (χ0n) is 14.1. The molecule has 2 atom stereocenters. The van der Waals surface area contributed by atoms with E-state index in [0.29, 0.717) is 19.2 Å². The number of amides is 1. The Balaban J connectivity index is 1.64. The Labute approximate surface area is 137 Å². The molecule has 6 heteroatoms. The molecular formula is C17H26N4O2. The second kappa shape index (κ2) is 5.51. The average molecular weight is 318 g/mol. The van der Waals surface area contributed by atoms with Crippen LogP contribution in [-0.4, -0.2) is 39.7 Å². The average Bonchev–Trinajstić information content (AvgIpc) is 3.03. The number of nitrogens with one attached hydrogen (secondary N) is 1. The molecule has 126 valence electrons. The van der Waals surface area contributed by atoms with Gasteiger partial charge >= 0.3 is 6.09 Å². The van der Waals surface area contributed by atoms with Gasteiger partial charge in [-0.2, -0.15) is 0 Å². The molecule has 3 aliphatic heterocycles. The SMILES string of the molecule is CCOC(=O)N1CCc2c(nc(C)n2C23CCCC(CC2)N3)C1. The maximum atomic E-state index is 12.0. The smallest absolute Gasteiger partial charge is 0.410 e. The zero-order valence-corrected chi connectivity index (χ0v) is 14.1. The summed E-state index contributed by atoms with van der Waals surface area (Å²) in [6, 6.07) is 0.667. The molecular weight excluding hydrogens is 292 g/mol. The molecule has 6 nitrogen and oxygen atoms in total. The quantitative estimate of drug-likeness (QED) is 0.909. The third-order valence-electron chi connectivity index (χ3n) is 5.66. The Morgan fingerprint density at radius 2 is 2.30 bits per heavy atom. The van der Waals surface area contributed by atoms with Gasteiger partial charge in [0.05, 0.1) is 24.5 Å². The molecule has 0 spiro atoms. The van der Waals surface area contributed by atoms with E-state index in [4.69, 9.17) is 9.72 Å². The molecule has 1 aromatic rings. The van der Waals surface area contributed by atoms with E-state index >= 15 is 0 Å². The van der Waals surface area contributed by atoms with Crippen LogP contribution in [0.5, 0.6) is 0 Å². The Kier molecular flexibility index (Phi) is 3.59. The van der Waals surface area contributed by atoms with E-state index in [1.165, 1.54) is 37.8 Å². The Bertz CT molecular complexity index is 622. The molecule has 3 aliphatic rings. The van der Waals surface area contributed by atoms with Crippen LogP contribution >= 0.6 is 0 Å². The lowest BCUT2D eigenvalue weighted by Crippen LogP contribution is -2.50. The highest BCUT2D eigenvalue weighted by Gasteiger charge is 2.45. The van der Waals surface area contributed by atoms with Gasteiger partial charge in [-0.15, -0.1) is 0 Å². The first-order valence-corrected chi connectivity index (χ1v) is 8.90. The van der Waals surface area contributed by atoms with Crippen LogP contribution in [0.25, 0.3) is 0 Å². The third kappa shape index (κ3) is 2.35. The topological polar surface area (TPSA) is 59.4 Å². The van der Waals surface area contributed by atoms with Crippen LogP contribution in [0.3, 0.4) is 0 Å². The first-order valence-electron chi connectivity index (χ1n) is 8.90. The molecule has 1 N–H and O–H groups in total. The van der Waals surface area contributed by atoms with E-state index in [9.17, 15) is 4.79 Å². The summed E-state index contributed by atoms with van der Waals surface area (Å²) in [5.41, 5.74) is 2.43. The molecule has 0 radical (unpaired) electrons. The molecule has 1 amide bonds. The Morgan fingerprint density at radius 1 is 1.43 bits per heavy atom. The van der Waals surface area contributed by atoms with Gasteiger partial charge in [-0.05, 0) is 46.0 Å². The highest BCUT2D eigenvalue weighted by atomic mass is 16.6. The minimum Gasteiger partial charge on any atom is -0.450 e. The fourth-order valence-corrected chi connectivity index (χ4v) is 4.74. The van der Waals surface area contributed by atoms with Gasteiger partial charge in [0.15, 0.2) is 0 Å². The lowest BCUT2D eigenvalue weighted by Gasteiger charge is -2.39. The fourth-order valence-electron chi connectivity index (χ4n) is 4.74. The van der Waals surface area contributed by atoms with Crippen molar-refractivity contribution in [2.45, 2.75) is 70.6 Å². The number of imidazole rings is 1. The standard InChI is InChI=1S/C17H26N4O2/c1-3-23-16(22)20-10-7-15-14(11-20)18-12(2)21(15)17-8-4-5-13(19-17)6-9-17/h13,19H,3-11H2,1-2H3. The minimum atomic E-state index is -0.222. The number of hydrogen-bond acceptors (Lipinski definition) is 4. The van der Waals surface area contributed by atoms with Gasteiger partial charge in [-0.3, -0.25) is 5.32 Å². The molecule has 2 saturated heterocycles. The van der Waals surface area contributed by atoms with Crippen molar-refractivity contribution in [3.8, 4) is 0 Å². The van der Waals surface area contributed by atoms with Crippen LogP contribution in [0.2, 0.25) is 0 Å². The van der Waals surface area contributed by atoms with Crippen LogP contribution in [0, 0.1) is 6.92 Å². The summed E-state index contributed by atoms with van der Waals surface area (Å²) in [6.07, 6.45) is 6.88. The van der Waals surface area contributed by atoms with Gasteiger partial charge in [0.25, 0.3) is 0 Å². The van der Waals surface area contributed by atoms with Gasteiger partial charge in [0.2, 0.25) is 0 Å². The Hall–Kier alpha value is -1.56. The second-order valence-corrected chi connectivity index (χ2v) is 7.06. The molecule has 0 aliphatic carbocycles. The monoisotopic (exact) mass is 318 g/mol. The normalized spacial score (nSPS) is 29.5. The molecule has 2 bridgehead atoms. The summed E-state index contributed by atoms with van der Waals surface area (Å²) in [4.78, 5) is 18.6. The molecule has 0 aromatic carbocycles. The van der Waals surface area contributed by atoms with Crippen molar-refractivity contribution in [1.29, 1.82) is 0 Å². The minimum absolute atomic E-state index is 0.0691. The first-order chi connectivity index (χ1) is 11.1. The maximum Gasteiger partial charge on any atom is 0.410 e. The lowest BCUT2D eigenvalue weighted by atomic mass is 9.98. The van der Waals surface area contributed by atoms with Crippen molar-refractivity contribution >= 4 is 6.09 Å². The maximum absolute atomic E-state index is 12.0. The summed E-state index contributed by atoms with van der Waals surface area (Å²) in [5.74, 6) is 1.08. The number of fused-ring (bicyclic) bond motifs is 3. The van der Waals surface area contributed by atoms with Gasteiger partial charge in [-0.25, -0.2) is 9.78 Å². The zero-order chi connectivity index (χ0) is 16.0. The van der Waals surface area contributed by atoms with Crippen molar-refractivity contribution in [1.82, 2.24) is 19.8 Å². The number of piperidine rings is 1. The summed E-state index contributed by atoms with van der Waals surface area (Å²) in [5, 5.41) is 3.87. The molecule has 0 saturated carbocycles. The number of nitrogens with zero attached hydrogens (tertiary/aromatic N) is 3. The predicted octanol–water partition coefficient (Wildman–Crippen LogP) is 2.29. The molecule has 23 heavy (non-hydrogen) atoms. The van der Waals surface area contributed by atoms with E-state index in [2.05, 4.69) is 16.8 Å². The van der Waals surface area contributed by atoms with Gasteiger partial charge in [0.1, 0.15) is 5.82 Å². The van der Waals surface area contributed by atoms with Crippen LogP contribution in [-0.2, 0) is 23.4 Å². The van der Waals surface area contributed by atoms with Crippen molar-refractivity contribution in [2.75, 3.05) is 13.2 Å². The molecule has 4 rings (SSSR count). The van der Waals surface area contributed by atoms with Crippen LogP contribution in [0.15, 0.2) is 0 Å². The molecule has 2 fully saturated rings. The summed E-state index contributed by atoms with van der Waals surface area (Å²) >= 11 is 0. The number of ether oxygens (including phenoxy) is 1. The van der Waals surface area contributed by atoms with Crippen molar-refractivity contribution in [2.24, 2.45) is 0 Å². The van der Waals surface area contributed by atoms with E-state index in [1.807, 2.05) is 6.92 Å². The van der Waals surface area contributed by atoms with Crippen LogP contribution < -0.4 is 5.32 Å². The van der Waals surface area contributed by atoms with E-state index in [0.717, 1.165) is 24.5 Å². The van der Waals surface area contributed by atoms with E-state index in [-0.39, 0.29) is 11.8 Å². The highest BCUT2D eigenvalue weighted by Crippen LogP contribution is 2.41. The Morgan fingerprint density at radius 3 is 3.13 bits per heavy atom. The number of carbonyl (C=O) groups excluding carboxylic acids is 1. The van der Waals surface area contributed by atoms with Gasteiger partial charge < -0.3 is 14.2 Å². The number of hydrogen-bond donors (Lipinski definition) is 1. The molecule has 4 heterocycles. The fraction of sp³-hybridized carbons (Fsp3) is 0.765. The number of carbonyl (C=O) groups is 1. The van der Waals surface area contributed by atoms with Gasteiger partial charge in [-0.1, -0.05) is 0 Å². The van der Waals surface area contributed by atoms with Crippen LogP contribution in [0.1, 0.15) is 56.2 Å². The van der Waals surface area contributed by atoms with Crippen molar-refractivity contribution in [3.63, 3.8) is 0 Å². The third-order valence-corrected chi connectivity index (χ3v) is 5.66. The van der Waals surface area contributed by atoms with Crippen molar-refractivity contribution < 1.29 is 9.53 Å². The molecule has 1 aromatic heterocycles. The van der Waals surface area contributed by atoms with Crippen LogP contribution in [0.4, 0.5) is 4.79 Å². The lowest BCUT2D eigenvalue weighted by molar-refractivity contribution is 0.101. The number of aromatic nitrogens is 2. The highest BCUT2D eigenvalue weighted by molar-refractivity contribution is 5.68. The number of rotatable bonds is 2. The van der Waals surface area contributed by atoms with Crippen molar-refractivity contribution in [3.05, 3.63) is 17.2 Å². The molecule has 2 unspecified atom stereocenters. The largest absolute Gasteiger partial charge is 0.450 e. The summed E-state index contributed by atoms with van der Waals surface area (Å²) in [6.45, 7) is 5.66. The van der Waals surface area contributed by atoms with E-state index in [1.54, 1.807) is 4.90 Å². The first kappa shape index (κ1) is 15.0. The second-order valence-electron chi connectivity index (χ2n) is 7.06. The summed E-state index contributed by atoms with van der Waals surface area (Å²) < 4.78 is 7.60. The summed E-state index contributed by atoms with van der Waals surface area (Å²) in [7, 11) is 0. The van der Waals surface area contributed by atoms with E-state index < -0.39 is 0 Å².